The Hall–Kier alpha value is -1.67. The minimum absolute atomic E-state index is 0.0942. The molecule has 0 saturated heterocycles. The number of aliphatic hydroxyl groups is 5. The van der Waals surface area contributed by atoms with Crippen LogP contribution in [-0.4, -0.2) is 98.3 Å². The fourth-order valence-electron chi connectivity index (χ4n) is 6.62. The zero-order valence-electron chi connectivity index (χ0n) is 35.1. The summed E-state index contributed by atoms with van der Waals surface area (Å²) in [5.41, 5.74) is 0. The molecule has 6 N–H and O–H groups in total. The van der Waals surface area contributed by atoms with Crippen molar-refractivity contribution in [2.45, 2.75) is 224 Å². The molecular formula is C43H79O13P. The summed E-state index contributed by atoms with van der Waals surface area (Å²) in [7, 11) is -5.11. The van der Waals surface area contributed by atoms with Crippen molar-refractivity contribution in [3.8, 4) is 0 Å². The molecule has 0 radical (unpaired) electrons. The Kier molecular flexibility index (Phi) is 31.9. The lowest BCUT2D eigenvalue weighted by molar-refractivity contribution is -0.220. The van der Waals surface area contributed by atoms with Crippen LogP contribution in [0.5, 0.6) is 0 Å². The summed E-state index contributed by atoms with van der Waals surface area (Å²) in [5, 5.41) is 50.0. The van der Waals surface area contributed by atoms with E-state index in [1.807, 2.05) is 0 Å². The van der Waals surface area contributed by atoms with Crippen LogP contribution in [0.1, 0.15) is 181 Å². The molecule has 57 heavy (non-hydrogen) atoms. The lowest BCUT2D eigenvalue weighted by Gasteiger charge is -2.41. The number of unbranched alkanes of at least 4 members (excludes halogenated alkanes) is 20. The van der Waals surface area contributed by atoms with E-state index in [1.54, 1.807) is 0 Å². The lowest BCUT2D eigenvalue weighted by atomic mass is 9.85. The average Bonchev–Trinajstić information content (AvgIpc) is 3.19. The number of carbonyl (C=O) groups excluding carboxylic acids is 2. The van der Waals surface area contributed by atoms with Gasteiger partial charge in [0.2, 0.25) is 0 Å². The summed E-state index contributed by atoms with van der Waals surface area (Å²) in [6, 6.07) is 0. The topological polar surface area (TPSA) is 210 Å². The highest BCUT2D eigenvalue weighted by molar-refractivity contribution is 7.47. The van der Waals surface area contributed by atoms with E-state index in [0.717, 1.165) is 70.6 Å². The van der Waals surface area contributed by atoms with Crippen LogP contribution in [0.25, 0.3) is 0 Å². The molecule has 1 aliphatic carbocycles. The van der Waals surface area contributed by atoms with Gasteiger partial charge in [-0.1, -0.05) is 134 Å². The molecule has 0 aromatic rings. The Balaban J connectivity index is 2.47. The van der Waals surface area contributed by atoms with Gasteiger partial charge in [-0.05, 0) is 57.8 Å². The van der Waals surface area contributed by atoms with Crippen molar-refractivity contribution in [3.63, 3.8) is 0 Å². The first-order valence-electron chi connectivity index (χ1n) is 22.1. The largest absolute Gasteiger partial charge is 0.472 e. The number of esters is 2. The van der Waals surface area contributed by atoms with E-state index in [1.165, 1.54) is 70.6 Å². The van der Waals surface area contributed by atoms with Crippen LogP contribution in [0.3, 0.4) is 0 Å². The molecule has 1 fully saturated rings. The predicted octanol–water partition coefficient (Wildman–Crippen LogP) is 8.06. The molecule has 8 atom stereocenters. The van der Waals surface area contributed by atoms with Crippen molar-refractivity contribution >= 4 is 19.8 Å². The molecular weight excluding hydrogens is 755 g/mol. The fraction of sp³-hybridized carbons (Fsp3) is 0.860. The molecule has 14 heteroatoms. The number of hydrogen-bond acceptors (Lipinski definition) is 12. The van der Waals surface area contributed by atoms with E-state index in [0.29, 0.717) is 12.8 Å². The average molecular weight is 835 g/mol. The van der Waals surface area contributed by atoms with Gasteiger partial charge in [-0.15, -0.1) is 0 Å². The van der Waals surface area contributed by atoms with Gasteiger partial charge in [0.15, 0.2) is 6.10 Å². The summed E-state index contributed by atoms with van der Waals surface area (Å²) in [4.78, 5) is 35.6. The normalized spacial score (nSPS) is 22.9. The van der Waals surface area contributed by atoms with Gasteiger partial charge in [0.25, 0.3) is 0 Å². The summed E-state index contributed by atoms with van der Waals surface area (Å²) < 4.78 is 33.4. The van der Waals surface area contributed by atoms with Gasteiger partial charge in [0, 0.05) is 12.8 Å². The third-order valence-corrected chi connectivity index (χ3v) is 11.3. The highest BCUT2D eigenvalue weighted by atomic mass is 31.2. The van der Waals surface area contributed by atoms with Crippen LogP contribution in [-0.2, 0) is 32.7 Å². The van der Waals surface area contributed by atoms with Gasteiger partial charge in [-0.2, -0.15) is 0 Å². The molecule has 0 bridgehead atoms. The van der Waals surface area contributed by atoms with Crippen molar-refractivity contribution in [2.75, 3.05) is 13.2 Å². The molecule has 1 saturated carbocycles. The maximum atomic E-state index is 12.8. The highest BCUT2D eigenvalue weighted by Gasteiger charge is 2.51. The Bertz CT molecular complexity index is 1100. The van der Waals surface area contributed by atoms with Gasteiger partial charge < -0.3 is 39.9 Å². The van der Waals surface area contributed by atoms with Gasteiger partial charge in [0.1, 0.15) is 43.2 Å². The fourth-order valence-corrected chi connectivity index (χ4v) is 7.59. The van der Waals surface area contributed by atoms with Crippen molar-refractivity contribution in [1.29, 1.82) is 0 Å². The monoisotopic (exact) mass is 835 g/mol. The number of allylic oxidation sites excluding steroid dienone is 4. The third-order valence-electron chi connectivity index (χ3n) is 10.3. The standard InChI is InChI=1S/C43H79O13P/c1-3-5-7-9-11-13-15-16-17-18-19-20-22-24-26-28-30-32-37(45)55-35(33-53-36(44)31-29-27-25-23-21-14-12-10-8-6-4-2)34-54-57(51,52)56-43-41(49)39(47)38(46)40(48)42(43)50/h10,12-13,15,35,38-43,46-50H,3-9,11,14,16-34H2,1-2H3,(H,51,52)/b12-10+,15-13+/t35-,38?,39-,40?,41?,42?,43?/m1/s1. The molecule has 334 valence electrons. The Morgan fingerprint density at radius 1 is 0.526 bits per heavy atom. The number of aliphatic hydroxyl groups excluding tert-OH is 5. The summed E-state index contributed by atoms with van der Waals surface area (Å²) in [5.74, 6) is -1.11. The summed E-state index contributed by atoms with van der Waals surface area (Å²) in [6.07, 6.45) is 22.4. The number of ether oxygens (including phenoxy) is 2. The molecule has 0 spiro atoms. The maximum Gasteiger partial charge on any atom is 0.472 e. The van der Waals surface area contributed by atoms with Gasteiger partial charge >= 0.3 is 19.8 Å². The minimum Gasteiger partial charge on any atom is -0.462 e. The molecule has 13 nitrogen and oxygen atoms in total. The smallest absolute Gasteiger partial charge is 0.462 e. The summed E-state index contributed by atoms with van der Waals surface area (Å²) in [6.45, 7) is 3.23. The zero-order valence-corrected chi connectivity index (χ0v) is 36.0. The molecule has 6 unspecified atom stereocenters. The third kappa shape index (κ3) is 26.9. The number of hydrogen-bond donors (Lipinski definition) is 6. The van der Waals surface area contributed by atoms with E-state index in [2.05, 4.69) is 38.2 Å². The van der Waals surface area contributed by atoms with Crippen molar-refractivity contribution in [2.24, 2.45) is 0 Å². The second-order valence-electron chi connectivity index (χ2n) is 15.5. The van der Waals surface area contributed by atoms with Gasteiger partial charge in [0.05, 0.1) is 6.61 Å². The van der Waals surface area contributed by atoms with E-state index >= 15 is 0 Å². The van der Waals surface area contributed by atoms with Crippen molar-refractivity contribution in [3.05, 3.63) is 24.3 Å². The quantitative estimate of drug-likeness (QED) is 0.0153. The van der Waals surface area contributed by atoms with Crippen LogP contribution in [0.2, 0.25) is 0 Å². The van der Waals surface area contributed by atoms with E-state index in [9.17, 15) is 44.6 Å². The number of carbonyl (C=O) groups is 2. The van der Waals surface area contributed by atoms with Crippen LogP contribution >= 0.6 is 7.82 Å². The SMILES string of the molecule is CCCC/C=C/CCCCCCCC(=O)OC[C@H](COP(=O)(O)OC1C(O)C(O)C(O)[C@@H](O)C1O)OC(=O)CCCCCCCCCCC/C=C/CCCCCC. The first kappa shape index (κ1) is 53.3. The molecule has 0 aliphatic heterocycles. The van der Waals surface area contributed by atoms with Crippen LogP contribution in [0.4, 0.5) is 0 Å². The second-order valence-corrected chi connectivity index (χ2v) is 16.9. The van der Waals surface area contributed by atoms with E-state index in [-0.39, 0.29) is 12.8 Å². The van der Waals surface area contributed by atoms with Crippen LogP contribution in [0.15, 0.2) is 24.3 Å². The predicted molar refractivity (Wildman–Crippen MR) is 221 cm³/mol. The first-order valence-corrected chi connectivity index (χ1v) is 23.6. The van der Waals surface area contributed by atoms with Crippen molar-refractivity contribution < 1.29 is 63.1 Å². The molecule has 0 aromatic carbocycles. The maximum absolute atomic E-state index is 12.8. The molecule has 1 aliphatic rings. The highest BCUT2D eigenvalue weighted by Crippen LogP contribution is 2.47. The van der Waals surface area contributed by atoms with Crippen LogP contribution < -0.4 is 0 Å². The Morgan fingerprint density at radius 3 is 1.39 bits per heavy atom. The van der Waals surface area contributed by atoms with Crippen molar-refractivity contribution in [1.82, 2.24) is 0 Å². The zero-order chi connectivity index (χ0) is 42.2. The lowest BCUT2D eigenvalue weighted by Crippen LogP contribution is -2.64. The Labute approximate surface area is 343 Å². The number of phosphoric ester groups is 1. The first-order chi connectivity index (χ1) is 27.4. The molecule has 0 aromatic heterocycles. The molecule has 1 rings (SSSR count). The molecule has 0 heterocycles. The molecule has 0 amide bonds. The van der Waals surface area contributed by atoms with E-state index < -0.39 is 75.7 Å². The Morgan fingerprint density at radius 2 is 0.912 bits per heavy atom. The van der Waals surface area contributed by atoms with Gasteiger partial charge in [-0.3, -0.25) is 18.6 Å². The summed E-state index contributed by atoms with van der Waals surface area (Å²) >= 11 is 0. The van der Waals surface area contributed by atoms with Gasteiger partial charge in [-0.25, -0.2) is 4.57 Å². The van der Waals surface area contributed by atoms with E-state index in [4.69, 9.17) is 18.5 Å². The second kappa shape index (κ2) is 34.1. The minimum atomic E-state index is -5.11. The number of phosphoric acid groups is 1. The van der Waals surface area contributed by atoms with Crippen LogP contribution in [0, 0.1) is 0 Å². The number of rotatable bonds is 36.